The smallest absolute Gasteiger partial charge is 0.236 e. The third-order valence-corrected chi connectivity index (χ3v) is 5.49. The summed E-state index contributed by atoms with van der Waals surface area (Å²) in [7, 11) is 3.29. The highest BCUT2D eigenvalue weighted by Crippen LogP contribution is 2.36. The van der Waals surface area contributed by atoms with Crippen LogP contribution in [0, 0.1) is 0 Å². The maximum Gasteiger partial charge on any atom is 0.236 e. The van der Waals surface area contributed by atoms with Crippen molar-refractivity contribution >= 4 is 5.90 Å². The summed E-state index contributed by atoms with van der Waals surface area (Å²) < 4.78 is 23.4. The fourth-order valence-corrected chi connectivity index (χ4v) is 3.80. The van der Waals surface area contributed by atoms with Crippen LogP contribution >= 0.6 is 0 Å². The normalized spacial score (nSPS) is 16.7. The second-order valence-corrected chi connectivity index (χ2v) is 7.74. The number of aromatic nitrogens is 5. The highest BCUT2D eigenvalue weighted by molar-refractivity contribution is 5.96. The minimum absolute atomic E-state index is 0.00141. The second-order valence-electron chi connectivity index (χ2n) is 7.74. The van der Waals surface area contributed by atoms with Gasteiger partial charge in [-0.15, -0.1) is 15.3 Å². The van der Waals surface area contributed by atoms with E-state index in [1.807, 2.05) is 30.5 Å². The highest BCUT2D eigenvalue weighted by atomic mass is 16.5. The molecule has 5 rings (SSSR count). The molecule has 33 heavy (non-hydrogen) atoms. The van der Waals surface area contributed by atoms with Gasteiger partial charge >= 0.3 is 0 Å². The molecule has 2 aliphatic rings. The molecule has 0 aromatic carbocycles. The van der Waals surface area contributed by atoms with E-state index in [0.29, 0.717) is 43.0 Å². The molecule has 10 heteroatoms. The number of allylic oxidation sites excluding steroid dienone is 3. The van der Waals surface area contributed by atoms with E-state index in [1.165, 1.54) is 0 Å². The zero-order chi connectivity index (χ0) is 22.6. The van der Waals surface area contributed by atoms with Crippen LogP contribution < -0.4 is 0 Å². The van der Waals surface area contributed by atoms with E-state index in [1.54, 1.807) is 25.0 Å². The van der Waals surface area contributed by atoms with Gasteiger partial charge in [-0.25, -0.2) is 0 Å². The van der Waals surface area contributed by atoms with Crippen LogP contribution in [0.25, 0.3) is 11.5 Å². The molecular formula is C23H24N6O4. The van der Waals surface area contributed by atoms with Gasteiger partial charge in [-0.05, 0) is 24.5 Å². The minimum atomic E-state index is -0.00141. The van der Waals surface area contributed by atoms with Crippen LogP contribution in [0.15, 0.2) is 57.8 Å². The molecule has 3 aromatic rings. The van der Waals surface area contributed by atoms with Crippen molar-refractivity contribution in [2.24, 2.45) is 5.10 Å². The number of hydrogen-bond donors (Lipinski definition) is 0. The van der Waals surface area contributed by atoms with E-state index in [9.17, 15) is 0 Å². The molecule has 4 heterocycles. The lowest BCUT2D eigenvalue weighted by atomic mass is 9.90. The maximum atomic E-state index is 6.14. The number of fused-ring (bicyclic) bond motifs is 3. The first kappa shape index (κ1) is 21.2. The SMILES string of the molecule is COCCc1ccc(COC2=Nn3c(-c4cc(COC)on4)nnc3C3CC=CC=C23)nc1. The molecule has 1 unspecified atom stereocenters. The quantitative estimate of drug-likeness (QED) is 0.517. The molecule has 10 nitrogen and oxygen atoms in total. The Morgan fingerprint density at radius 2 is 2.09 bits per heavy atom. The summed E-state index contributed by atoms with van der Waals surface area (Å²) in [4.78, 5) is 4.50. The van der Waals surface area contributed by atoms with E-state index in [-0.39, 0.29) is 5.92 Å². The Morgan fingerprint density at radius 3 is 2.91 bits per heavy atom. The van der Waals surface area contributed by atoms with Gasteiger partial charge in [0.15, 0.2) is 17.3 Å². The summed E-state index contributed by atoms with van der Waals surface area (Å²) in [5.74, 6) is 2.35. The van der Waals surface area contributed by atoms with Gasteiger partial charge in [0.1, 0.15) is 13.2 Å². The molecule has 3 aromatic heterocycles. The van der Waals surface area contributed by atoms with Gasteiger partial charge in [-0.3, -0.25) is 4.98 Å². The summed E-state index contributed by atoms with van der Waals surface area (Å²) in [6, 6.07) is 5.78. The fraction of sp³-hybridized carbons (Fsp3) is 0.348. The van der Waals surface area contributed by atoms with E-state index in [4.69, 9.17) is 23.8 Å². The molecular weight excluding hydrogens is 424 g/mol. The summed E-state index contributed by atoms with van der Waals surface area (Å²) >= 11 is 0. The number of nitrogens with zero attached hydrogens (tertiary/aromatic N) is 6. The maximum absolute atomic E-state index is 6.14. The van der Waals surface area contributed by atoms with Gasteiger partial charge in [0.25, 0.3) is 0 Å². The summed E-state index contributed by atoms with van der Waals surface area (Å²) in [5, 5.41) is 17.6. The standard InChI is InChI=1S/C23H24N6O4/c1-30-10-9-15-7-8-16(24-12-15)13-32-23-19-6-4-3-5-18(19)21-25-26-22(29(21)27-23)20-11-17(14-31-2)33-28-20/h3-4,6-8,11-12,18H,5,9-10,13-14H2,1-2H3. The van der Waals surface area contributed by atoms with Gasteiger partial charge in [0.05, 0.1) is 18.2 Å². The largest absolute Gasteiger partial charge is 0.470 e. The number of hydrogen-bond acceptors (Lipinski definition) is 9. The Balaban J connectivity index is 1.41. The predicted octanol–water partition coefficient (Wildman–Crippen LogP) is 3.03. The van der Waals surface area contributed by atoms with E-state index in [0.717, 1.165) is 35.5 Å². The summed E-state index contributed by atoms with van der Waals surface area (Å²) in [6.07, 6.45) is 9.58. The van der Waals surface area contributed by atoms with Gasteiger partial charge in [0.2, 0.25) is 11.7 Å². The molecule has 1 atom stereocenters. The topological polar surface area (TPSA) is 110 Å². The van der Waals surface area contributed by atoms with Crippen LogP contribution in [0.4, 0.5) is 0 Å². The highest BCUT2D eigenvalue weighted by Gasteiger charge is 2.34. The fourth-order valence-electron chi connectivity index (χ4n) is 3.80. The second kappa shape index (κ2) is 9.47. The Labute approximate surface area is 190 Å². The van der Waals surface area contributed by atoms with Gasteiger partial charge in [-0.1, -0.05) is 29.5 Å². The van der Waals surface area contributed by atoms with Crippen molar-refractivity contribution in [3.05, 3.63) is 71.0 Å². The van der Waals surface area contributed by atoms with Crippen LogP contribution in [0.5, 0.6) is 0 Å². The molecule has 0 N–H and O–H groups in total. The molecule has 0 saturated heterocycles. The molecule has 0 fully saturated rings. The minimum Gasteiger partial charge on any atom is -0.470 e. The van der Waals surface area contributed by atoms with Crippen LogP contribution in [-0.4, -0.2) is 51.7 Å². The monoisotopic (exact) mass is 448 g/mol. The van der Waals surface area contributed by atoms with Crippen molar-refractivity contribution in [3.63, 3.8) is 0 Å². The number of methoxy groups -OCH3 is 2. The molecule has 1 aliphatic heterocycles. The number of pyridine rings is 1. The molecule has 0 bridgehead atoms. The summed E-state index contributed by atoms with van der Waals surface area (Å²) in [5.41, 5.74) is 3.45. The van der Waals surface area contributed by atoms with Crippen molar-refractivity contribution < 1.29 is 18.7 Å². The number of rotatable bonds is 8. The van der Waals surface area contributed by atoms with Crippen LogP contribution in [-0.2, 0) is 33.8 Å². The van der Waals surface area contributed by atoms with Crippen molar-refractivity contribution in [3.8, 4) is 11.5 Å². The first-order valence-electron chi connectivity index (χ1n) is 10.7. The predicted molar refractivity (Wildman–Crippen MR) is 118 cm³/mol. The lowest BCUT2D eigenvalue weighted by molar-refractivity contribution is 0.156. The Morgan fingerprint density at radius 1 is 1.15 bits per heavy atom. The van der Waals surface area contributed by atoms with Gasteiger partial charge in [-0.2, -0.15) is 4.68 Å². The van der Waals surface area contributed by atoms with Gasteiger partial charge < -0.3 is 18.7 Å². The first-order chi connectivity index (χ1) is 16.3. The Hall–Kier alpha value is -3.63. The zero-order valence-electron chi connectivity index (χ0n) is 18.5. The first-order valence-corrected chi connectivity index (χ1v) is 10.7. The van der Waals surface area contributed by atoms with Crippen molar-refractivity contribution in [1.29, 1.82) is 0 Å². The number of ether oxygens (including phenoxy) is 3. The van der Waals surface area contributed by atoms with Crippen molar-refractivity contribution in [2.45, 2.75) is 32.0 Å². The Kier molecular flexibility index (Phi) is 6.09. The average molecular weight is 448 g/mol. The van der Waals surface area contributed by atoms with E-state index in [2.05, 4.69) is 26.4 Å². The van der Waals surface area contributed by atoms with Crippen molar-refractivity contribution in [2.75, 3.05) is 20.8 Å². The molecule has 1 aliphatic carbocycles. The van der Waals surface area contributed by atoms with Gasteiger partial charge in [0, 0.05) is 32.1 Å². The third-order valence-electron chi connectivity index (χ3n) is 5.49. The van der Waals surface area contributed by atoms with Crippen LogP contribution in [0.3, 0.4) is 0 Å². The van der Waals surface area contributed by atoms with E-state index >= 15 is 0 Å². The molecule has 0 radical (unpaired) electrons. The molecule has 0 spiro atoms. The van der Waals surface area contributed by atoms with E-state index < -0.39 is 0 Å². The van der Waals surface area contributed by atoms with Crippen molar-refractivity contribution in [1.82, 2.24) is 25.0 Å². The molecule has 0 amide bonds. The lowest BCUT2D eigenvalue weighted by Gasteiger charge is -2.26. The van der Waals surface area contributed by atoms with Crippen LogP contribution in [0.2, 0.25) is 0 Å². The summed E-state index contributed by atoms with van der Waals surface area (Å²) in [6.45, 7) is 1.29. The van der Waals surface area contributed by atoms with Crippen LogP contribution in [0.1, 0.15) is 35.2 Å². The zero-order valence-corrected chi connectivity index (χ0v) is 18.5. The lowest BCUT2D eigenvalue weighted by Crippen LogP contribution is -2.25. The Bertz CT molecular complexity index is 1210. The molecule has 170 valence electrons. The third kappa shape index (κ3) is 4.35. The molecule has 0 saturated carbocycles. The average Bonchev–Trinajstić information content (AvgIpc) is 3.49.